The van der Waals surface area contributed by atoms with Crippen molar-refractivity contribution in [3.8, 4) is 0 Å². The van der Waals surface area contributed by atoms with Gasteiger partial charge in [-0.05, 0) is 43.4 Å². The van der Waals surface area contributed by atoms with Gasteiger partial charge in [0.05, 0.1) is 12.0 Å². The first-order valence-corrected chi connectivity index (χ1v) is 7.68. The Morgan fingerprint density at radius 3 is 2.67 bits per heavy atom. The number of carboxylic acid groups (broad SMARTS) is 1. The smallest absolute Gasteiger partial charge is 0.335 e. The molecule has 2 rings (SSSR count). The van der Waals surface area contributed by atoms with Gasteiger partial charge in [0.15, 0.2) is 0 Å². The molecule has 1 saturated carbocycles. The third-order valence-electron chi connectivity index (χ3n) is 4.28. The second-order valence-electron chi connectivity index (χ2n) is 5.94. The molecule has 0 saturated heterocycles. The minimum Gasteiger partial charge on any atom is -0.478 e. The average Bonchev–Trinajstić information content (AvgIpc) is 2.48. The van der Waals surface area contributed by atoms with Crippen molar-refractivity contribution in [1.29, 1.82) is 0 Å². The van der Waals surface area contributed by atoms with E-state index >= 15 is 0 Å². The molecule has 1 unspecified atom stereocenters. The molecule has 1 amide bonds. The molecule has 0 bridgehead atoms. The van der Waals surface area contributed by atoms with Gasteiger partial charge in [-0.25, -0.2) is 4.79 Å². The molecule has 1 aliphatic carbocycles. The SMILES string of the molecule is CC(NC(=O)Cc1cccc(C(=O)O)c1)C1CCCCC1. The number of carbonyl (C=O) groups is 2. The molecule has 1 aliphatic rings. The normalized spacial score (nSPS) is 17.2. The van der Waals surface area contributed by atoms with Crippen LogP contribution < -0.4 is 5.32 Å². The number of amides is 1. The lowest BCUT2D eigenvalue weighted by Crippen LogP contribution is -2.39. The Hall–Kier alpha value is -1.84. The minimum atomic E-state index is -0.965. The predicted molar refractivity (Wildman–Crippen MR) is 81.3 cm³/mol. The topological polar surface area (TPSA) is 66.4 Å². The van der Waals surface area contributed by atoms with E-state index in [1.54, 1.807) is 18.2 Å². The van der Waals surface area contributed by atoms with Crippen molar-refractivity contribution in [1.82, 2.24) is 5.32 Å². The van der Waals surface area contributed by atoms with E-state index in [-0.39, 0.29) is 23.9 Å². The van der Waals surface area contributed by atoms with E-state index in [9.17, 15) is 9.59 Å². The molecular formula is C17H23NO3. The van der Waals surface area contributed by atoms with Crippen molar-refractivity contribution in [2.75, 3.05) is 0 Å². The van der Waals surface area contributed by atoms with E-state index in [0.717, 1.165) is 5.56 Å². The van der Waals surface area contributed by atoms with Gasteiger partial charge in [-0.3, -0.25) is 4.79 Å². The first kappa shape index (κ1) is 15.5. The second kappa shape index (κ2) is 7.25. The van der Waals surface area contributed by atoms with Gasteiger partial charge in [0, 0.05) is 6.04 Å². The quantitative estimate of drug-likeness (QED) is 0.875. The van der Waals surface area contributed by atoms with E-state index in [1.165, 1.54) is 38.2 Å². The molecular weight excluding hydrogens is 266 g/mol. The maximum Gasteiger partial charge on any atom is 0.335 e. The molecule has 1 fully saturated rings. The van der Waals surface area contributed by atoms with Crippen molar-refractivity contribution >= 4 is 11.9 Å². The fourth-order valence-corrected chi connectivity index (χ4v) is 3.06. The Morgan fingerprint density at radius 1 is 1.29 bits per heavy atom. The molecule has 2 N–H and O–H groups in total. The maximum absolute atomic E-state index is 12.1. The minimum absolute atomic E-state index is 0.0318. The van der Waals surface area contributed by atoms with E-state index in [4.69, 9.17) is 5.11 Å². The largest absolute Gasteiger partial charge is 0.478 e. The summed E-state index contributed by atoms with van der Waals surface area (Å²) in [5.41, 5.74) is 0.962. The molecule has 0 radical (unpaired) electrons. The van der Waals surface area contributed by atoms with Gasteiger partial charge >= 0.3 is 5.97 Å². The Bertz CT molecular complexity index is 507. The molecule has 0 aliphatic heterocycles. The number of hydrogen-bond acceptors (Lipinski definition) is 2. The van der Waals surface area contributed by atoms with Crippen LogP contribution in [-0.2, 0) is 11.2 Å². The third kappa shape index (κ3) is 4.59. The Kier molecular flexibility index (Phi) is 5.37. The van der Waals surface area contributed by atoms with E-state index in [2.05, 4.69) is 12.2 Å². The van der Waals surface area contributed by atoms with Crippen LogP contribution in [0.25, 0.3) is 0 Å². The second-order valence-corrected chi connectivity index (χ2v) is 5.94. The molecule has 4 nitrogen and oxygen atoms in total. The van der Waals surface area contributed by atoms with Crippen LogP contribution in [0.1, 0.15) is 54.9 Å². The summed E-state index contributed by atoms with van der Waals surface area (Å²) >= 11 is 0. The summed E-state index contributed by atoms with van der Waals surface area (Å²) in [6.07, 6.45) is 6.43. The number of rotatable bonds is 5. The molecule has 0 aromatic heterocycles. The molecule has 0 spiro atoms. The van der Waals surface area contributed by atoms with Crippen LogP contribution in [-0.4, -0.2) is 23.0 Å². The number of benzene rings is 1. The van der Waals surface area contributed by atoms with Crippen molar-refractivity contribution in [2.24, 2.45) is 5.92 Å². The first-order chi connectivity index (χ1) is 10.1. The summed E-state index contributed by atoms with van der Waals surface area (Å²) in [5, 5.41) is 12.0. The van der Waals surface area contributed by atoms with Gasteiger partial charge in [0.25, 0.3) is 0 Å². The lowest BCUT2D eigenvalue weighted by Gasteiger charge is -2.28. The fraction of sp³-hybridized carbons (Fsp3) is 0.529. The van der Waals surface area contributed by atoms with Gasteiger partial charge in [-0.1, -0.05) is 31.4 Å². The zero-order chi connectivity index (χ0) is 15.2. The van der Waals surface area contributed by atoms with Crippen LogP contribution >= 0.6 is 0 Å². The van der Waals surface area contributed by atoms with Crippen molar-refractivity contribution < 1.29 is 14.7 Å². The van der Waals surface area contributed by atoms with E-state index in [1.807, 2.05) is 0 Å². The van der Waals surface area contributed by atoms with E-state index in [0.29, 0.717) is 5.92 Å². The monoisotopic (exact) mass is 289 g/mol. The highest BCUT2D eigenvalue weighted by Gasteiger charge is 2.21. The molecule has 1 aromatic rings. The Labute approximate surface area is 125 Å². The van der Waals surface area contributed by atoms with E-state index < -0.39 is 5.97 Å². The lowest BCUT2D eigenvalue weighted by molar-refractivity contribution is -0.121. The summed E-state index contributed by atoms with van der Waals surface area (Å²) in [6.45, 7) is 2.07. The van der Waals surface area contributed by atoms with Gasteiger partial charge in [-0.2, -0.15) is 0 Å². The average molecular weight is 289 g/mol. The van der Waals surface area contributed by atoms with Crippen molar-refractivity contribution in [3.05, 3.63) is 35.4 Å². The van der Waals surface area contributed by atoms with Crippen molar-refractivity contribution in [3.63, 3.8) is 0 Å². The Balaban J connectivity index is 1.89. The highest BCUT2D eigenvalue weighted by molar-refractivity contribution is 5.88. The molecule has 1 aromatic carbocycles. The highest BCUT2D eigenvalue weighted by Crippen LogP contribution is 2.26. The summed E-state index contributed by atoms with van der Waals surface area (Å²) in [5.74, 6) is -0.420. The predicted octanol–water partition coefficient (Wildman–Crippen LogP) is 3.01. The maximum atomic E-state index is 12.1. The van der Waals surface area contributed by atoms with Crippen LogP contribution in [0.2, 0.25) is 0 Å². The van der Waals surface area contributed by atoms with Crippen LogP contribution in [0.3, 0.4) is 0 Å². The van der Waals surface area contributed by atoms with Gasteiger partial charge < -0.3 is 10.4 Å². The van der Waals surface area contributed by atoms with Gasteiger partial charge in [-0.15, -0.1) is 0 Å². The van der Waals surface area contributed by atoms with Crippen molar-refractivity contribution in [2.45, 2.75) is 51.5 Å². The van der Waals surface area contributed by atoms with Crippen LogP contribution in [0, 0.1) is 5.92 Å². The summed E-state index contributed by atoms with van der Waals surface area (Å²) in [7, 11) is 0. The van der Waals surface area contributed by atoms with Crippen LogP contribution in [0.15, 0.2) is 24.3 Å². The standard InChI is InChI=1S/C17H23NO3/c1-12(14-7-3-2-4-8-14)18-16(19)11-13-6-5-9-15(10-13)17(20)21/h5-6,9-10,12,14H,2-4,7-8,11H2,1H3,(H,18,19)(H,20,21). The molecule has 1 atom stereocenters. The van der Waals surface area contributed by atoms with Gasteiger partial charge in [0.2, 0.25) is 5.91 Å². The number of hydrogen-bond donors (Lipinski definition) is 2. The summed E-state index contributed by atoms with van der Waals surface area (Å²) < 4.78 is 0. The molecule has 4 heteroatoms. The third-order valence-corrected chi connectivity index (χ3v) is 4.28. The number of carboxylic acids is 1. The zero-order valence-corrected chi connectivity index (χ0v) is 12.5. The summed E-state index contributed by atoms with van der Waals surface area (Å²) in [6, 6.07) is 6.76. The molecule has 21 heavy (non-hydrogen) atoms. The number of carbonyl (C=O) groups excluding carboxylic acids is 1. The number of aromatic carboxylic acids is 1. The molecule has 0 heterocycles. The molecule has 114 valence electrons. The van der Waals surface area contributed by atoms with Gasteiger partial charge in [0.1, 0.15) is 0 Å². The Morgan fingerprint density at radius 2 is 2.00 bits per heavy atom. The first-order valence-electron chi connectivity index (χ1n) is 7.68. The lowest BCUT2D eigenvalue weighted by atomic mass is 9.84. The number of nitrogens with one attached hydrogen (secondary N) is 1. The summed E-state index contributed by atoms with van der Waals surface area (Å²) in [4.78, 5) is 23.0. The zero-order valence-electron chi connectivity index (χ0n) is 12.5. The fourth-order valence-electron chi connectivity index (χ4n) is 3.06. The van der Waals surface area contributed by atoms with Crippen LogP contribution in [0.5, 0.6) is 0 Å². The van der Waals surface area contributed by atoms with Crippen LogP contribution in [0.4, 0.5) is 0 Å². The highest BCUT2D eigenvalue weighted by atomic mass is 16.4.